The molecule has 12 heteroatoms. The van der Waals surface area contributed by atoms with Gasteiger partial charge in [-0.2, -0.15) is 23.3 Å². The fourth-order valence-electron chi connectivity index (χ4n) is 3.38. The number of anilines is 2. The van der Waals surface area contributed by atoms with Crippen LogP contribution in [0.2, 0.25) is 0 Å². The smallest absolute Gasteiger partial charge is 0.435 e. The van der Waals surface area contributed by atoms with Gasteiger partial charge in [0.2, 0.25) is 5.95 Å². The number of carbonyl (C=O) groups excluding carboxylic acids is 1. The van der Waals surface area contributed by atoms with Gasteiger partial charge in [0.15, 0.2) is 11.5 Å². The minimum absolute atomic E-state index is 0.0467. The molecule has 9 nitrogen and oxygen atoms in total. The van der Waals surface area contributed by atoms with Gasteiger partial charge in [-0.25, -0.2) is 14.5 Å². The SMILES string of the molecule is CCOC(=O)c1cncc(-c2cnc(Nc3cc(C)cc(OC)c3)nc2-n2ccc(C(F)(F)F)n2)c1. The molecule has 0 aliphatic carbocycles. The minimum Gasteiger partial charge on any atom is -0.497 e. The van der Waals surface area contributed by atoms with Crippen LogP contribution in [0.5, 0.6) is 5.75 Å². The van der Waals surface area contributed by atoms with Crippen LogP contribution in [-0.4, -0.2) is 44.4 Å². The zero-order chi connectivity index (χ0) is 25.9. The van der Waals surface area contributed by atoms with Crippen LogP contribution in [0.25, 0.3) is 16.9 Å². The number of aromatic nitrogens is 5. The fraction of sp³-hybridized carbons (Fsp3) is 0.208. The fourth-order valence-corrected chi connectivity index (χ4v) is 3.38. The van der Waals surface area contributed by atoms with Crippen LogP contribution in [-0.2, 0) is 10.9 Å². The van der Waals surface area contributed by atoms with Crippen LogP contribution in [0.1, 0.15) is 28.5 Å². The summed E-state index contributed by atoms with van der Waals surface area (Å²) in [5.74, 6) is 0.183. The highest BCUT2D eigenvalue weighted by Crippen LogP contribution is 2.31. The summed E-state index contributed by atoms with van der Waals surface area (Å²) >= 11 is 0. The number of aryl methyl sites for hydroxylation is 1. The molecule has 0 spiro atoms. The van der Waals surface area contributed by atoms with Crippen LogP contribution in [0.4, 0.5) is 24.8 Å². The van der Waals surface area contributed by atoms with Crippen LogP contribution >= 0.6 is 0 Å². The summed E-state index contributed by atoms with van der Waals surface area (Å²) in [7, 11) is 1.54. The molecule has 36 heavy (non-hydrogen) atoms. The van der Waals surface area contributed by atoms with E-state index in [4.69, 9.17) is 9.47 Å². The molecule has 0 saturated heterocycles. The number of benzene rings is 1. The van der Waals surface area contributed by atoms with E-state index in [-0.39, 0.29) is 23.9 Å². The zero-order valence-electron chi connectivity index (χ0n) is 19.5. The maximum atomic E-state index is 13.2. The molecular formula is C24H21F3N6O3. The predicted octanol–water partition coefficient (Wildman–Crippen LogP) is 4.98. The topological polar surface area (TPSA) is 104 Å². The van der Waals surface area contributed by atoms with Gasteiger partial charge in [0.1, 0.15) is 5.75 Å². The number of esters is 1. The highest BCUT2D eigenvalue weighted by molar-refractivity contribution is 5.90. The summed E-state index contributed by atoms with van der Waals surface area (Å²) < 4.78 is 51.0. The summed E-state index contributed by atoms with van der Waals surface area (Å²) in [6.07, 6.45) is 0.703. The Bertz CT molecular complexity index is 1400. The number of alkyl halides is 3. The molecule has 1 aromatic carbocycles. The standard InChI is InChI=1S/C24H21F3N6O3/c1-4-36-22(34)16-9-15(11-28-12-16)19-13-29-23(30-17-7-14(2)8-18(10-17)35-3)31-21(19)33-6-5-20(32-33)24(25,26)27/h5-13H,4H2,1-3H3,(H,29,30,31). The molecule has 3 aromatic heterocycles. The number of nitrogens with one attached hydrogen (secondary N) is 1. The number of carbonyl (C=O) groups is 1. The molecule has 3 heterocycles. The Labute approximate surface area is 203 Å². The van der Waals surface area contributed by atoms with Crippen molar-refractivity contribution in [2.24, 2.45) is 0 Å². The lowest BCUT2D eigenvalue weighted by molar-refractivity contribution is -0.141. The lowest BCUT2D eigenvalue weighted by atomic mass is 10.1. The third-order valence-electron chi connectivity index (χ3n) is 4.97. The Morgan fingerprint density at radius 2 is 1.94 bits per heavy atom. The van der Waals surface area contributed by atoms with Gasteiger partial charge < -0.3 is 14.8 Å². The molecule has 0 unspecified atom stereocenters. The molecule has 0 bridgehead atoms. The summed E-state index contributed by atoms with van der Waals surface area (Å²) in [5.41, 5.74) is 1.32. The minimum atomic E-state index is -4.64. The lowest BCUT2D eigenvalue weighted by Crippen LogP contribution is -2.10. The molecule has 0 amide bonds. The largest absolute Gasteiger partial charge is 0.497 e. The van der Waals surface area contributed by atoms with E-state index in [0.29, 0.717) is 22.6 Å². The average molecular weight is 498 g/mol. The first-order valence-electron chi connectivity index (χ1n) is 10.7. The van der Waals surface area contributed by atoms with Crippen LogP contribution in [0.3, 0.4) is 0 Å². The summed E-state index contributed by atoms with van der Waals surface area (Å²) in [6.45, 7) is 3.73. The molecule has 0 aliphatic rings. The molecule has 1 N–H and O–H groups in total. The molecule has 186 valence electrons. The average Bonchev–Trinajstić information content (AvgIpc) is 3.35. The van der Waals surface area contributed by atoms with Gasteiger partial charge in [0.25, 0.3) is 0 Å². The van der Waals surface area contributed by atoms with Crippen molar-refractivity contribution in [1.82, 2.24) is 24.7 Å². The number of pyridine rings is 1. The Morgan fingerprint density at radius 3 is 2.64 bits per heavy atom. The molecule has 0 radical (unpaired) electrons. The van der Waals surface area contributed by atoms with Gasteiger partial charge in [-0.05, 0) is 43.7 Å². The second-order valence-electron chi connectivity index (χ2n) is 7.62. The maximum absolute atomic E-state index is 13.2. The van der Waals surface area contributed by atoms with Gasteiger partial charge in [0.05, 0.1) is 19.3 Å². The zero-order valence-corrected chi connectivity index (χ0v) is 19.5. The summed E-state index contributed by atoms with van der Waals surface area (Å²) in [4.78, 5) is 25.0. The second-order valence-corrected chi connectivity index (χ2v) is 7.62. The molecule has 0 saturated carbocycles. The third kappa shape index (κ3) is 5.43. The van der Waals surface area contributed by atoms with Gasteiger partial charge in [0, 0.05) is 47.7 Å². The molecular weight excluding hydrogens is 477 g/mol. The molecule has 4 aromatic rings. The van der Waals surface area contributed by atoms with Crippen LogP contribution in [0, 0.1) is 6.92 Å². The van der Waals surface area contributed by atoms with E-state index in [1.807, 2.05) is 19.1 Å². The molecule has 0 aliphatic heterocycles. The predicted molar refractivity (Wildman–Crippen MR) is 124 cm³/mol. The first-order valence-corrected chi connectivity index (χ1v) is 10.7. The summed E-state index contributed by atoms with van der Waals surface area (Å²) in [6, 6.07) is 7.75. The summed E-state index contributed by atoms with van der Waals surface area (Å²) in [5, 5.41) is 6.69. The lowest BCUT2D eigenvalue weighted by Gasteiger charge is -2.13. The normalized spacial score (nSPS) is 11.3. The van der Waals surface area contributed by atoms with Crippen molar-refractivity contribution in [3.05, 3.63) is 71.9 Å². The van der Waals surface area contributed by atoms with Gasteiger partial charge in [-0.3, -0.25) is 4.98 Å². The van der Waals surface area contributed by atoms with Gasteiger partial charge in [-0.1, -0.05) is 0 Å². The Balaban J connectivity index is 1.81. The van der Waals surface area contributed by atoms with Crippen molar-refractivity contribution in [3.63, 3.8) is 0 Å². The first kappa shape index (κ1) is 24.6. The monoisotopic (exact) mass is 498 g/mol. The number of ether oxygens (including phenoxy) is 2. The van der Waals surface area contributed by atoms with E-state index < -0.39 is 17.8 Å². The van der Waals surface area contributed by atoms with Gasteiger partial charge >= 0.3 is 12.1 Å². The van der Waals surface area contributed by atoms with Crippen molar-refractivity contribution in [3.8, 4) is 22.7 Å². The number of hydrogen-bond acceptors (Lipinski definition) is 8. The van der Waals surface area contributed by atoms with E-state index in [2.05, 4.69) is 25.4 Å². The van der Waals surface area contributed by atoms with E-state index in [0.717, 1.165) is 22.5 Å². The molecule has 0 fully saturated rings. The van der Waals surface area contributed by atoms with Crippen molar-refractivity contribution < 1.29 is 27.4 Å². The van der Waals surface area contributed by atoms with E-state index in [1.165, 1.54) is 31.8 Å². The van der Waals surface area contributed by atoms with Crippen LogP contribution < -0.4 is 10.1 Å². The van der Waals surface area contributed by atoms with Gasteiger partial charge in [-0.15, -0.1) is 0 Å². The van der Waals surface area contributed by atoms with Crippen LogP contribution in [0.15, 0.2) is 55.1 Å². The van der Waals surface area contributed by atoms with Crippen molar-refractivity contribution in [1.29, 1.82) is 0 Å². The number of hydrogen-bond donors (Lipinski definition) is 1. The van der Waals surface area contributed by atoms with E-state index in [1.54, 1.807) is 13.0 Å². The van der Waals surface area contributed by atoms with E-state index in [9.17, 15) is 18.0 Å². The van der Waals surface area contributed by atoms with E-state index >= 15 is 0 Å². The third-order valence-corrected chi connectivity index (χ3v) is 4.97. The number of nitrogens with zero attached hydrogens (tertiary/aromatic N) is 5. The highest BCUT2D eigenvalue weighted by Gasteiger charge is 2.34. The second kappa shape index (κ2) is 10.0. The number of rotatable bonds is 7. The number of halogens is 3. The molecule has 4 rings (SSSR count). The quantitative estimate of drug-likeness (QED) is 0.356. The Kier molecular flexibility index (Phi) is 6.86. The number of methoxy groups -OCH3 is 1. The Hall–Kier alpha value is -4.48. The first-order chi connectivity index (χ1) is 17.2. The van der Waals surface area contributed by atoms with Crippen molar-refractivity contribution >= 4 is 17.6 Å². The van der Waals surface area contributed by atoms with Crippen molar-refractivity contribution in [2.75, 3.05) is 19.0 Å². The highest BCUT2D eigenvalue weighted by atomic mass is 19.4. The van der Waals surface area contributed by atoms with Crippen molar-refractivity contribution in [2.45, 2.75) is 20.0 Å². The maximum Gasteiger partial charge on any atom is 0.435 e. The molecule has 0 atom stereocenters. The Morgan fingerprint density at radius 1 is 1.14 bits per heavy atom.